The number of rotatable bonds is 9. The van der Waals surface area contributed by atoms with Crippen molar-refractivity contribution in [1.29, 1.82) is 0 Å². The molecule has 0 saturated carbocycles. The molecule has 176 valence electrons. The summed E-state index contributed by atoms with van der Waals surface area (Å²) in [6.45, 7) is 23.8. The number of hydrogen-bond acceptors (Lipinski definition) is 1. The van der Waals surface area contributed by atoms with E-state index in [1.54, 1.807) is 5.19 Å². The van der Waals surface area contributed by atoms with E-state index in [4.69, 9.17) is 0 Å². The van der Waals surface area contributed by atoms with Crippen molar-refractivity contribution < 1.29 is 4.57 Å². The number of hydrogen-bond donors (Lipinski definition) is 1. The fraction of sp³-hybridized carbons (Fsp3) is 0.433. The van der Waals surface area contributed by atoms with E-state index in [1.807, 2.05) is 7.05 Å². The number of aromatic nitrogens is 1. The van der Waals surface area contributed by atoms with Crippen LogP contribution in [-0.2, 0) is 0 Å². The average molecular weight is 460 g/mol. The first-order valence-corrected chi connectivity index (χ1v) is 15.9. The van der Waals surface area contributed by atoms with Crippen molar-refractivity contribution >= 4 is 13.3 Å². The van der Waals surface area contributed by atoms with E-state index in [9.17, 15) is 0 Å². The van der Waals surface area contributed by atoms with E-state index < -0.39 is 8.07 Å². The summed E-state index contributed by atoms with van der Waals surface area (Å²) in [7, 11) is 0.487. The normalized spacial score (nSPS) is 17.8. The van der Waals surface area contributed by atoms with Crippen molar-refractivity contribution in [1.82, 2.24) is 5.32 Å². The first-order valence-electron chi connectivity index (χ1n) is 12.4. The van der Waals surface area contributed by atoms with E-state index in [0.29, 0.717) is 11.8 Å². The number of nitrogens with one attached hydrogen (secondary N) is 1. The quantitative estimate of drug-likeness (QED) is 0.192. The highest BCUT2D eigenvalue weighted by Crippen LogP contribution is 2.44. The van der Waals surface area contributed by atoms with E-state index in [2.05, 4.69) is 112 Å². The maximum absolute atomic E-state index is 4.59. The summed E-state index contributed by atoms with van der Waals surface area (Å²) in [5.74, 6) is 0.881. The van der Waals surface area contributed by atoms with Crippen LogP contribution in [0.25, 0.3) is 11.3 Å². The molecule has 0 amide bonds. The predicted octanol–water partition coefficient (Wildman–Crippen LogP) is 6.64. The third-order valence-electron chi connectivity index (χ3n) is 6.90. The van der Waals surface area contributed by atoms with Crippen molar-refractivity contribution in [2.75, 3.05) is 13.6 Å². The second-order valence-electron chi connectivity index (χ2n) is 10.9. The second-order valence-corrected chi connectivity index (χ2v) is 15.9. The lowest BCUT2D eigenvalue weighted by atomic mass is 9.77. The van der Waals surface area contributed by atoms with Crippen molar-refractivity contribution in [3.05, 3.63) is 84.1 Å². The third-order valence-corrected chi connectivity index (χ3v) is 8.93. The largest absolute Gasteiger partial charge is 0.316 e. The number of benzene rings is 1. The highest BCUT2D eigenvalue weighted by atomic mass is 28.3. The molecule has 1 aromatic carbocycles. The Morgan fingerprint density at radius 2 is 1.88 bits per heavy atom. The summed E-state index contributed by atoms with van der Waals surface area (Å²) in [4.78, 5) is 0. The first-order chi connectivity index (χ1) is 15.6. The zero-order chi connectivity index (χ0) is 24.3. The summed E-state index contributed by atoms with van der Waals surface area (Å²) in [6.07, 6.45) is 8.80. The van der Waals surface area contributed by atoms with Crippen LogP contribution in [0.3, 0.4) is 0 Å². The molecule has 1 aliphatic rings. The number of nitrogens with zero attached hydrogens (tertiary/aromatic N) is 1. The molecular weight excluding hydrogens is 416 g/mol. The minimum Gasteiger partial charge on any atom is -0.316 e. The molecule has 3 heteroatoms. The molecule has 33 heavy (non-hydrogen) atoms. The molecule has 3 rings (SSSR count). The Balaban J connectivity index is 2.26. The van der Waals surface area contributed by atoms with E-state index in [1.165, 1.54) is 33.5 Å². The third kappa shape index (κ3) is 5.31. The van der Waals surface area contributed by atoms with Crippen LogP contribution in [0.4, 0.5) is 0 Å². The summed E-state index contributed by atoms with van der Waals surface area (Å²) in [6, 6.07) is 11.7. The average Bonchev–Trinajstić information content (AvgIpc) is 2.76. The van der Waals surface area contributed by atoms with Crippen molar-refractivity contribution in [3.63, 3.8) is 0 Å². The summed E-state index contributed by atoms with van der Waals surface area (Å²) < 4.78 is 2.57. The number of pyridine rings is 1. The van der Waals surface area contributed by atoms with Crippen molar-refractivity contribution in [2.45, 2.75) is 71.1 Å². The van der Waals surface area contributed by atoms with Gasteiger partial charge in [0.2, 0.25) is 5.69 Å². The number of likely N-dealkylation sites (N-methyl/N-ethyl adjacent to an activating group) is 1. The summed E-state index contributed by atoms with van der Waals surface area (Å²) in [5.41, 5.74) is 8.11. The topological polar surface area (TPSA) is 15.9 Å². The minimum absolute atomic E-state index is 0.233. The second kappa shape index (κ2) is 10.4. The smallest absolute Gasteiger partial charge is 0.213 e. The Hall–Kier alpha value is -2.23. The maximum Gasteiger partial charge on any atom is 0.213 e. The molecule has 0 aliphatic carbocycles. The van der Waals surface area contributed by atoms with Crippen molar-refractivity contribution in [3.8, 4) is 11.3 Å². The van der Waals surface area contributed by atoms with E-state index in [0.717, 1.165) is 19.4 Å². The highest BCUT2D eigenvalue weighted by Gasteiger charge is 2.42. The molecule has 2 aromatic rings. The molecule has 2 atom stereocenters. The minimum atomic E-state index is -1.53. The van der Waals surface area contributed by atoms with Gasteiger partial charge in [-0.15, -0.1) is 0 Å². The van der Waals surface area contributed by atoms with Crippen LogP contribution >= 0.6 is 0 Å². The van der Waals surface area contributed by atoms with Gasteiger partial charge in [-0.2, -0.15) is 4.57 Å². The molecule has 0 bridgehead atoms. The lowest BCUT2D eigenvalue weighted by molar-refractivity contribution is -0.708. The summed E-state index contributed by atoms with van der Waals surface area (Å²) >= 11 is 0. The zero-order valence-corrected chi connectivity index (χ0v) is 22.8. The van der Waals surface area contributed by atoms with Crippen LogP contribution in [0, 0.1) is 0 Å². The van der Waals surface area contributed by atoms with Crippen LogP contribution in [0.1, 0.15) is 62.6 Å². The molecule has 0 fully saturated rings. The highest BCUT2D eigenvalue weighted by molar-refractivity contribution is 6.89. The molecule has 1 aliphatic heterocycles. The van der Waals surface area contributed by atoms with Gasteiger partial charge in [0.05, 0.1) is 14.0 Å². The fourth-order valence-corrected chi connectivity index (χ4v) is 7.09. The predicted molar refractivity (Wildman–Crippen MR) is 147 cm³/mol. The van der Waals surface area contributed by atoms with Crippen LogP contribution in [0.2, 0.25) is 19.6 Å². The van der Waals surface area contributed by atoms with Crippen LogP contribution in [-0.4, -0.2) is 21.7 Å². The van der Waals surface area contributed by atoms with Crippen LogP contribution < -0.4 is 15.1 Å². The number of fused-ring (bicyclic) bond motifs is 3. The Morgan fingerprint density at radius 1 is 1.18 bits per heavy atom. The van der Waals surface area contributed by atoms with Gasteiger partial charge in [0.15, 0.2) is 12.2 Å². The van der Waals surface area contributed by atoms with Gasteiger partial charge in [-0.25, -0.2) is 0 Å². The standard InChI is InChI=1S/C30H43N2Si/c1-10-13-22(4)16-17-26-24-14-11-12-15-25(24)28-18-27(21(2)3)29(33(7,8)9)20-32(28)30(26)23(5)19-31-6/h10-15,18,20-21,26,30-31H,4-5,16-17,19H2,1-3,6-9H3/q+1/b13-10-. The first kappa shape index (κ1) is 25.4. The van der Waals surface area contributed by atoms with Gasteiger partial charge in [-0.1, -0.05) is 82.6 Å². The molecule has 2 unspecified atom stereocenters. The molecule has 0 spiro atoms. The van der Waals surface area contributed by atoms with Crippen LogP contribution in [0.15, 0.2) is 73.0 Å². The van der Waals surface area contributed by atoms with E-state index in [-0.39, 0.29) is 6.04 Å². The Morgan fingerprint density at radius 3 is 2.48 bits per heavy atom. The van der Waals surface area contributed by atoms with Gasteiger partial charge in [0, 0.05) is 28.9 Å². The lowest BCUT2D eigenvalue weighted by Crippen LogP contribution is -2.54. The van der Waals surface area contributed by atoms with Crippen molar-refractivity contribution in [2.24, 2.45) is 0 Å². The van der Waals surface area contributed by atoms with E-state index >= 15 is 0 Å². The Bertz CT molecular complexity index is 1060. The molecule has 1 aromatic heterocycles. The molecule has 2 heterocycles. The van der Waals surface area contributed by atoms with Gasteiger partial charge < -0.3 is 5.32 Å². The number of allylic oxidation sites excluding steroid dienone is 3. The van der Waals surface area contributed by atoms with Gasteiger partial charge in [0.1, 0.15) is 0 Å². The van der Waals surface area contributed by atoms with Gasteiger partial charge in [0.25, 0.3) is 0 Å². The van der Waals surface area contributed by atoms with Gasteiger partial charge in [-0.05, 0) is 49.9 Å². The Kier molecular flexibility index (Phi) is 7.97. The molecular formula is C30H43N2Si+. The fourth-order valence-electron chi connectivity index (χ4n) is 5.34. The molecule has 0 saturated heterocycles. The Labute approximate surface area is 203 Å². The molecule has 1 N–H and O–H groups in total. The lowest BCUT2D eigenvalue weighted by Gasteiger charge is -2.34. The van der Waals surface area contributed by atoms with Crippen LogP contribution in [0.5, 0.6) is 0 Å². The monoisotopic (exact) mass is 459 g/mol. The van der Waals surface area contributed by atoms with Gasteiger partial charge >= 0.3 is 0 Å². The zero-order valence-electron chi connectivity index (χ0n) is 21.8. The summed E-state index contributed by atoms with van der Waals surface area (Å²) in [5, 5.41) is 4.94. The van der Waals surface area contributed by atoms with Gasteiger partial charge in [-0.3, -0.25) is 0 Å². The SMILES string of the molecule is C=C(/C=C\C)CCC1c2ccccc2-c2cc(C(C)C)c([Si](C)(C)C)c[n+]2C1C(=C)CNC. The maximum atomic E-state index is 4.59. The molecule has 2 nitrogen and oxygen atoms in total. The molecule has 0 radical (unpaired) electrons.